The van der Waals surface area contributed by atoms with Crippen LogP contribution in [0.5, 0.6) is 0 Å². The molecule has 1 N–H and O–H groups in total. The van der Waals surface area contributed by atoms with Gasteiger partial charge in [0.15, 0.2) is 0 Å². The number of rotatable bonds is 3. The third-order valence-electron chi connectivity index (χ3n) is 1.95. The number of hydrogen-bond acceptors (Lipinski definition) is 1. The molecule has 0 aliphatic carbocycles. The van der Waals surface area contributed by atoms with Gasteiger partial charge < -0.3 is 5.32 Å². The van der Waals surface area contributed by atoms with Gasteiger partial charge in [0.25, 0.3) is 6.43 Å². The van der Waals surface area contributed by atoms with Crippen LogP contribution >= 0.6 is 0 Å². The fourth-order valence-electron chi connectivity index (χ4n) is 1.07. The van der Waals surface area contributed by atoms with Crippen molar-refractivity contribution in [3.63, 3.8) is 0 Å². The maximum absolute atomic E-state index is 13.3. The monoisotopic (exact) mass is 203 g/mol. The summed E-state index contributed by atoms with van der Waals surface area (Å²) in [5.41, 5.74) is 0.564. The maximum atomic E-state index is 13.3. The lowest BCUT2D eigenvalue weighted by Gasteiger charge is -2.15. The molecule has 0 radical (unpaired) electrons. The Morgan fingerprint density at radius 2 is 1.93 bits per heavy atom. The fourth-order valence-corrected chi connectivity index (χ4v) is 1.07. The van der Waals surface area contributed by atoms with E-state index in [1.54, 1.807) is 19.1 Å². The van der Waals surface area contributed by atoms with Gasteiger partial charge in [-0.15, -0.1) is 0 Å². The molecule has 1 nitrogen and oxygen atoms in total. The number of halogens is 3. The van der Waals surface area contributed by atoms with Crippen LogP contribution < -0.4 is 5.32 Å². The zero-order valence-corrected chi connectivity index (χ0v) is 8.02. The highest BCUT2D eigenvalue weighted by Crippen LogP contribution is 2.19. The lowest BCUT2D eigenvalue weighted by Crippen LogP contribution is -2.24. The molecule has 1 rings (SSSR count). The second kappa shape index (κ2) is 4.35. The van der Waals surface area contributed by atoms with Crippen LogP contribution in [0.15, 0.2) is 18.2 Å². The molecule has 0 aliphatic heterocycles. The van der Waals surface area contributed by atoms with E-state index in [0.717, 1.165) is 0 Å². The molecule has 0 aromatic heterocycles. The summed E-state index contributed by atoms with van der Waals surface area (Å²) in [7, 11) is 0. The van der Waals surface area contributed by atoms with Gasteiger partial charge in [-0.3, -0.25) is 0 Å². The quantitative estimate of drug-likeness (QED) is 0.795. The fraction of sp³-hybridized carbons (Fsp3) is 0.400. The van der Waals surface area contributed by atoms with Gasteiger partial charge in [-0.2, -0.15) is 0 Å². The van der Waals surface area contributed by atoms with Crippen LogP contribution in [0.1, 0.15) is 12.5 Å². The van der Waals surface area contributed by atoms with Crippen LogP contribution in [0.25, 0.3) is 0 Å². The molecule has 1 atom stereocenters. The van der Waals surface area contributed by atoms with Crippen molar-refractivity contribution in [3.05, 3.63) is 29.6 Å². The number of alkyl halides is 2. The molecule has 1 unspecified atom stereocenters. The standard InChI is InChI=1S/C10H12F3N/c1-6-4-3-5-8(9(6)11)14-7(2)10(12)13/h3-5,7,10,14H,1-2H3. The largest absolute Gasteiger partial charge is 0.375 e. The summed E-state index contributed by atoms with van der Waals surface area (Å²) in [4.78, 5) is 0. The maximum Gasteiger partial charge on any atom is 0.258 e. The first-order valence-corrected chi connectivity index (χ1v) is 4.32. The topological polar surface area (TPSA) is 12.0 Å². The minimum atomic E-state index is -2.50. The summed E-state index contributed by atoms with van der Waals surface area (Å²) in [6.45, 7) is 2.90. The van der Waals surface area contributed by atoms with Crippen molar-refractivity contribution < 1.29 is 13.2 Å². The second-order valence-electron chi connectivity index (χ2n) is 3.20. The van der Waals surface area contributed by atoms with Gasteiger partial charge in [-0.1, -0.05) is 12.1 Å². The highest BCUT2D eigenvalue weighted by atomic mass is 19.3. The summed E-state index contributed by atoms with van der Waals surface area (Å²) < 4.78 is 37.6. The lowest BCUT2D eigenvalue weighted by molar-refractivity contribution is 0.130. The number of anilines is 1. The molecule has 0 spiro atoms. The zero-order chi connectivity index (χ0) is 10.7. The molecule has 0 amide bonds. The molecule has 1 aromatic rings. The van der Waals surface area contributed by atoms with Gasteiger partial charge in [0.1, 0.15) is 5.82 Å². The molecular weight excluding hydrogens is 191 g/mol. The van der Waals surface area contributed by atoms with Gasteiger partial charge in [0.2, 0.25) is 0 Å². The zero-order valence-electron chi connectivity index (χ0n) is 8.02. The van der Waals surface area contributed by atoms with Gasteiger partial charge in [0.05, 0.1) is 11.7 Å². The average molecular weight is 203 g/mol. The molecule has 1 aromatic carbocycles. The van der Waals surface area contributed by atoms with Crippen LogP contribution in [-0.2, 0) is 0 Å². The molecule has 0 bridgehead atoms. The Morgan fingerprint density at radius 1 is 1.29 bits per heavy atom. The molecule has 0 saturated carbocycles. The van der Waals surface area contributed by atoms with E-state index in [0.29, 0.717) is 5.56 Å². The Hall–Kier alpha value is -1.19. The van der Waals surface area contributed by atoms with Crippen molar-refractivity contribution in [1.29, 1.82) is 0 Å². The van der Waals surface area contributed by atoms with E-state index >= 15 is 0 Å². The van der Waals surface area contributed by atoms with Crippen LogP contribution in [0.4, 0.5) is 18.9 Å². The molecule has 0 heterocycles. The van der Waals surface area contributed by atoms with E-state index in [4.69, 9.17) is 0 Å². The molecule has 0 aliphatic rings. The first-order chi connectivity index (χ1) is 6.52. The summed E-state index contributed by atoms with van der Waals surface area (Å²) >= 11 is 0. The molecule has 0 fully saturated rings. The van der Waals surface area contributed by atoms with Crippen molar-refractivity contribution >= 4 is 5.69 Å². The van der Waals surface area contributed by atoms with E-state index in [1.807, 2.05) is 0 Å². The average Bonchev–Trinajstić information content (AvgIpc) is 2.12. The van der Waals surface area contributed by atoms with E-state index < -0.39 is 18.3 Å². The van der Waals surface area contributed by atoms with Crippen molar-refractivity contribution in [3.8, 4) is 0 Å². The Morgan fingerprint density at radius 3 is 2.50 bits per heavy atom. The summed E-state index contributed by atoms with van der Waals surface area (Å²) in [6, 6.07) is 3.61. The summed E-state index contributed by atoms with van der Waals surface area (Å²) in [6.07, 6.45) is -2.50. The minimum absolute atomic E-state index is 0.123. The van der Waals surface area contributed by atoms with Gasteiger partial charge in [-0.25, -0.2) is 13.2 Å². The predicted octanol–water partition coefficient (Wildman–Crippen LogP) is 3.20. The first-order valence-electron chi connectivity index (χ1n) is 4.32. The van der Waals surface area contributed by atoms with Crippen molar-refractivity contribution in [1.82, 2.24) is 0 Å². The Balaban J connectivity index is 2.82. The van der Waals surface area contributed by atoms with E-state index in [9.17, 15) is 13.2 Å². The van der Waals surface area contributed by atoms with Crippen LogP contribution in [0.3, 0.4) is 0 Å². The number of nitrogens with one attached hydrogen (secondary N) is 1. The van der Waals surface area contributed by atoms with Crippen LogP contribution in [0, 0.1) is 12.7 Å². The second-order valence-corrected chi connectivity index (χ2v) is 3.20. The first kappa shape index (κ1) is 10.9. The number of aryl methyl sites for hydroxylation is 1. The summed E-state index contributed by atoms with van der Waals surface area (Å²) in [5.74, 6) is -0.472. The minimum Gasteiger partial charge on any atom is -0.375 e. The van der Waals surface area contributed by atoms with Crippen LogP contribution in [-0.4, -0.2) is 12.5 Å². The van der Waals surface area contributed by atoms with E-state index in [-0.39, 0.29) is 5.69 Å². The number of benzene rings is 1. The highest BCUT2D eigenvalue weighted by molar-refractivity contribution is 5.48. The van der Waals surface area contributed by atoms with Crippen molar-refractivity contribution in [2.75, 3.05) is 5.32 Å². The van der Waals surface area contributed by atoms with Crippen LogP contribution in [0.2, 0.25) is 0 Å². The summed E-state index contributed by atoms with van der Waals surface area (Å²) in [5, 5.41) is 2.43. The van der Waals surface area contributed by atoms with E-state index in [1.165, 1.54) is 13.0 Å². The van der Waals surface area contributed by atoms with Gasteiger partial charge in [-0.05, 0) is 25.5 Å². The Bertz CT molecular complexity index is 312. The highest BCUT2D eigenvalue weighted by Gasteiger charge is 2.15. The normalized spacial score (nSPS) is 13.0. The van der Waals surface area contributed by atoms with E-state index in [2.05, 4.69) is 5.32 Å². The third-order valence-corrected chi connectivity index (χ3v) is 1.95. The SMILES string of the molecule is Cc1cccc(NC(C)C(F)F)c1F. The molecule has 78 valence electrons. The predicted molar refractivity (Wildman–Crippen MR) is 50.2 cm³/mol. The van der Waals surface area contributed by atoms with Gasteiger partial charge in [0, 0.05) is 0 Å². The lowest BCUT2D eigenvalue weighted by atomic mass is 10.2. The molecule has 0 saturated heterocycles. The molecule has 14 heavy (non-hydrogen) atoms. The smallest absolute Gasteiger partial charge is 0.258 e. The Kier molecular flexibility index (Phi) is 3.38. The molecule has 4 heteroatoms. The third kappa shape index (κ3) is 2.40. The van der Waals surface area contributed by atoms with Crippen molar-refractivity contribution in [2.24, 2.45) is 0 Å². The number of hydrogen-bond donors (Lipinski definition) is 1. The van der Waals surface area contributed by atoms with Gasteiger partial charge >= 0.3 is 0 Å². The molecular formula is C10H12F3N. The Labute approximate surface area is 80.9 Å². The van der Waals surface area contributed by atoms with Crippen molar-refractivity contribution in [2.45, 2.75) is 26.3 Å².